The van der Waals surface area contributed by atoms with Gasteiger partial charge in [0.2, 0.25) is 5.91 Å². The number of halogens is 2. The number of H-pyrrole nitrogens is 2. The molecule has 6 aromatic rings. The number of hydrogen-bond donors (Lipinski definition) is 4. The van der Waals surface area contributed by atoms with Gasteiger partial charge in [0, 0.05) is 29.5 Å². The summed E-state index contributed by atoms with van der Waals surface area (Å²) in [5.74, 6) is 0.789. The Kier molecular flexibility index (Phi) is 12.8. The number of nitrogens with one attached hydrogen (secondary N) is 4. The van der Waals surface area contributed by atoms with E-state index in [1.54, 1.807) is 41.4 Å². The molecule has 18 heteroatoms. The number of carbonyl (C=O) groups excluding carboxylic acids is 4. The van der Waals surface area contributed by atoms with Crippen molar-refractivity contribution in [3.8, 4) is 28.1 Å². The van der Waals surface area contributed by atoms with Crippen molar-refractivity contribution < 1.29 is 46.9 Å². The first kappa shape index (κ1) is 46.0. The van der Waals surface area contributed by atoms with Crippen LogP contribution in [0.1, 0.15) is 81.4 Å². The minimum atomic E-state index is -2.97. The molecule has 5 heterocycles. The van der Waals surface area contributed by atoms with Crippen LogP contribution < -0.4 is 15.4 Å². The van der Waals surface area contributed by atoms with E-state index in [-0.39, 0.29) is 43.0 Å². The highest BCUT2D eigenvalue weighted by atomic mass is 19.3. The Morgan fingerprint density at radius 3 is 2.37 bits per heavy atom. The average Bonchev–Trinajstić information content (AvgIpc) is 4.16. The molecule has 2 saturated heterocycles. The van der Waals surface area contributed by atoms with E-state index in [2.05, 4.69) is 45.7 Å². The predicted molar refractivity (Wildman–Crippen MR) is 247 cm³/mol. The Bertz CT molecular complexity index is 2870. The van der Waals surface area contributed by atoms with E-state index in [1.807, 2.05) is 49.9 Å². The van der Waals surface area contributed by atoms with Crippen molar-refractivity contribution in [2.24, 2.45) is 17.8 Å². The van der Waals surface area contributed by atoms with Crippen molar-refractivity contribution in [2.75, 3.05) is 27.4 Å². The topological polar surface area (TPSA) is 193 Å². The summed E-state index contributed by atoms with van der Waals surface area (Å²) < 4.78 is 47.3. The summed E-state index contributed by atoms with van der Waals surface area (Å²) in [4.78, 5) is 73.3. The molecule has 4 aromatic carbocycles. The van der Waals surface area contributed by atoms with Gasteiger partial charge in [-0.1, -0.05) is 69.3 Å². The van der Waals surface area contributed by atoms with Gasteiger partial charge in [-0.25, -0.2) is 19.6 Å². The molecule has 356 valence electrons. The minimum Gasteiger partial charge on any atom is -0.488 e. The number of ether oxygens (including phenoxy) is 4. The van der Waals surface area contributed by atoms with Crippen molar-refractivity contribution in [3.05, 3.63) is 102 Å². The van der Waals surface area contributed by atoms with E-state index < -0.39 is 48.7 Å². The van der Waals surface area contributed by atoms with Gasteiger partial charge in [0.25, 0.3) is 5.91 Å². The molecule has 0 radical (unpaired) electrons. The molecule has 0 unspecified atom stereocenters. The molecule has 2 aromatic heterocycles. The van der Waals surface area contributed by atoms with Gasteiger partial charge in [0.15, 0.2) is 0 Å². The molecule has 2 fully saturated rings. The number of rotatable bonds is 12. The highest BCUT2D eigenvalue weighted by molar-refractivity contribution is 6.07. The van der Waals surface area contributed by atoms with Crippen LogP contribution in [0.3, 0.4) is 0 Å². The molecule has 3 aliphatic rings. The second-order valence-corrected chi connectivity index (χ2v) is 18.3. The van der Waals surface area contributed by atoms with Crippen LogP contribution in [0, 0.1) is 17.8 Å². The fourth-order valence-electron chi connectivity index (χ4n) is 9.99. The Hall–Kier alpha value is -7.08. The fraction of sp³-hybridized carbons (Fsp3) is 0.400. The fourth-order valence-corrected chi connectivity index (χ4v) is 9.99. The van der Waals surface area contributed by atoms with Crippen molar-refractivity contribution in [2.45, 2.75) is 84.0 Å². The summed E-state index contributed by atoms with van der Waals surface area (Å²) in [5.41, 5.74) is 6.50. The lowest BCUT2D eigenvalue weighted by atomic mass is 9.92. The van der Waals surface area contributed by atoms with Gasteiger partial charge < -0.3 is 49.3 Å². The number of alkyl halides is 2. The quantitative estimate of drug-likeness (QED) is 0.0924. The van der Waals surface area contributed by atoms with Crippen LogP contribution in [0.4, 0.5) is 18.4 Å². The maximum Gasteiger partial charge on any atom is 0.407 e. The van der Waals surface area contributed by atoms with Crippen molar-refractivity contribution in [1.82, 2.24) is 40.4 Å². The number of hydrogen-bond acceptors (Lipinski definition) is 10. The SMILES string of the molecule is COC(=O)N[C@H](C(=O)N1[C@H](C)[C@H](C)C[C@H]1c1ncc(-c2ccc3c(c2)COc2cc4c(ccc5[nH]c([C@@H]6C[C@H](COC(F)F)CN6C(=O)[C@H](NC(=O)OC)c6ccccc6)nc54)cc2-3)[nH]1)C(C)C. The maximum absolute atomic E-state index is 14.4. The van der Waals surface area contributed by atoms with Crippen LogP contribution in [0.5, 0.6) is 5.75 Å². The van der Waals surface area contributed by atoms with E-state index in [0.717, 1.165) is 38.7 Å². The summed E-state index contributed by atoms with van der Waals surface area (Å²) in [6, 6.07) is 20.0. The first-order valence-corrected chi connectivity index (χ1v) is 22.8. The van der Waals surface area contributed by atoms with Gasteiger partial charge in [-0.2, -0.15) is 8.78 Å². The van der Waals surface area contributed by atoms with Crippen LogP contribution in [0.15, 0.2) is 79.0 Å². The third-order valence-corrected chi connectivity index (χ3v) is 13.7. The third kappa shape index (κ3) is 8.79. The molecule has 16 nitrogen and oxygen atoms in total. The monoisotopic (exact) mass is 932 g/mol. The first-order valence-electron chi connectivity index (χ1n) is 22.8. The zero-order valence-corrected chi connectivity index (χ0v) is 38.5. The summed E-state index contributed by atoms with van der Waals surface area (Å²) >= 11 is 0. The zero-order valence-electron chi connectivity index (χ0n) is 38.5. The smallest absolute Gasteiger partial charge is 0.407 e. The summed E-state index contributed by atoms with van der Waals surface area (Å²) in [7, 11) is 2.49. The van der Waals surface area contributed by atoms with Gasteiger partial charge in [-0.3, -0.25) is 9.59 Å². The minimum absolute atomic E-state index is 0.0787. The second kappa shape index (κ2) is 18.9. The summed E-state index contributed by atoms with van der Waals surface area (Å²) in [5, 5.41) is 7.10. The molecular formula is C50H54F2N8O8. The van der Waals surface area contributed by atoms with E-state index in [4.69, 9.17) is 28.9 Å². The molecule has 4 amide bonds. The zero-order chi connectivity index (χ0) is 48.0. The van der Waals surface area contributed by atoms with Gasteiger partial charge in [-0.05, 0) is 83.5 Å². The number of nitrogens with zero attached hydrogens (tertiary/aromatic N) is 4. The third-order valence-electron chi connectivity index (χ3n) is 13.7. The molecule has 0 bridgehead atoms. The van der Waals surface area contributed by atoms with E-state index in [0.29, 0.717) is 53.4 Å². The van der Waals surface area contributed by atoms with E-state index in [9.17, 15) is 28.0 Å². The number of fused-ring (bicyclic) bond motifs is 6. The number of benzene rings is 4. The highest BCUT2D eigenvalue weighted by Crippen LogP contribution is 2.45. The molecular weight excluding hydrogens is 879 g/mol. The molecule has 0 saturated carbocycles. The number of carbonyl (C=O) groups is 4. The number of methoxy groups -OCH3 is 2. The highest BCUT2D eigenvalue weighted by Gasteiger charge is 2.45. The largest absolute Gasteiger partial charge is 0.488 e. The summed E-state index contributed by atoms with van der Waals surface area (Å²) in [6.07, 6.45) is 1.34. The van der Waals surface area contributed by atoms with Crippen molar-refractivity contribution in [1.29, 1.82) is 0 Å². The van der Waals surface area contributed by atoms with Crippen LogP contribution >= 0.6 is 0 Å². The van der Waals surface area contributed by atoms with E-state index in [1.165, 1.54) is 14.2 Å². The Morgan fingerprint density at radius 2 is 1.63 bits per heavy atom. The van der Waals surface area contributed by atoms with E-state index >= 15 is 0 Å². The normalized spacial score (nSPS) is 20.8. The second-order valence-electron chi connectivity index (χ2n) is 18.3. The standard InChI is InChI=1S/C50H54F2N8O8/c1-25(2)41(57-49(63)65-5)47(62)60-27(4)26(3)16-39(60)44-53-21-37(55-44)31-12-14-33-32(18-31)24-67-40-20-34-30(19-35(33)40)13-15-36-43(34)56-45(54-36)38-17-28(23-68-48(51)52)22-59(38)46(61)42(58-50(64)66-6)29-10-8-7-9-11-29/h7-15,18-21,25-28,38-39,41-42,48H,16-17,22-24H2,1-6H3,(H,53,55)(H,54,56)(H,57,63)(H,58,64)/t26-,27-,28+,38+,39+,41+,42-/m1/s1. The molecule has 68 heavy (non-hydrogen) atoms. The maximum atomic E-state index is 14.4. The van der Waals surface area contributed by atoms with Crippen molar-refractivity contribution in [3.63, 3.8) is 0 Å². The van der Waals surface area contributed by atoms with Crippen LogP contribution in [0.25, 0.3) is 44.2 Å². The molecule has 9 rings (SSSR count). The van der Waals surface area contributed by atoms with Gasteiger partial charge in [0.05, 0.1) is 55.8 Å². The average molecular weight is 933 g/mol. The lowest BCUT2D eigenvalue weighted by molar-refractivity contribution is -0.139. The Balaban J connectivity index is 0.989. The number of imidazole rings is 2. The van der Waals surface area contributed by atoms with Gasteiger partial charge in [-0.15, -0.1) is 0 Å². The van der Waals surface area contributed by atoms with Crippen LogP contribution in [-0.4, -0.2) is 99.8 Å². The Morgan fingerprint density at radius 1 is 0.868 bits per heavy atom. The number of likely N-dealkylation sites (tertiary alicyclic amines) is 2. The van der Waals surface area contributed by atoms with Crippen molar-refractivity contribution >= 4 is 45.8 Å². The first-order chi connectivity index (χ1) is 32.7. The Labute approximate surface area is 391 Å². The summed E-state index contributed by atoms with van der Waals surface area (Å²) in [6.45, 7) is 5.09. The number of aromatic nitrogens is 4. The molecule has 4 N–H and O–H groups in total. The predicted octanol–water partition coefficient (Wildman–Crippen LogP) is 8.57. The van der Waals surface area contributed by atoms with Crippen LogP contribution in [0.2, 0.25) is 0 Å². The number of aromatic amines is 2. The lowest BCUT2D eigenvalue weighted by Gasteiger charge is -2.33. The number of alkyl carbamates (subject to hydrolysis) is 2. The lowest BCUT2D eigenvalue weighted by Crippen LogP contribution is -2.53. The van der Waals surface area contributed by atoms with Crippen LogP contribution in [-0.2, 0) is 30.4 Å². The molecule has 0 aliphatic carbocycles. The molecule has 3 aliphatic heterocycles. The molecule has 7 atom stereocenters. The van der Waals surface area contributed by atoms with Gasteiger partial charge >= 0.3 is 18.8 Å². The van der Waals surface area contributed by atoms with Gasteiger partial charge in [0.1, 0.15) is 36.1 Å². The molecule has 0 spiro atoms. The number of amides is 4.